The van der Waals surface area contributed by atoms with Gasteiger partial charge in [-0.1, -0.05) is 111 Å². The van der Waals surface area contributed by atoms with Gasteiger partial charge in [0.05, 0.1) is 26.9 Å². The topological polar surface area (TPSA) is 92.7 Å². The first-order chi connectivity index (χ1) is 20.8. The van der Waals surface area contributed by atoms with E-state index < -0.39 is 47.9 Å². The lowest BCUT2D eigenvalue weighted by molar-refractivity contribution is -0.260. The van der Waals surface area contributed by atoms with Crippen LogP contribution in [0.25, 0.3) is 0 Å². The van der Waals surface area contributed by atoms with E-state index in [0.717, 1.165) is 16.7 Å². The average Bonchev–Trinajstić information content (AvgIpc) is 3.45. The molecule has 3 aromatic rings. The Morgan fingerprint density at radius 3 is 1.88 bits per heavy atom. The van der Waals surface area contributed by atoms with E-state index in [1.165, 1.54) is 7.11 Å². The lowest BCUT2D eigenvalue weighted by atomic mass is 9.96. The predicted molar refractivity (Wildman–Crippen MR) is 160 cm³/mol. The van der Waals surface area contributed by atoms with Gasteiger partial charge in [0.1, 0.15) is 23.9 Å². The average molecular weight is 591 g/mol. The van der Waals surface area contributed by atoms with Gasteiger partial charge in [-0.25, -0.2) is 4.79 Å². The zero-order chi connectivity index (χ0) is 30.5. The molecule has 1 N–H and O–H groups in total. The molecule has 2 fully saturated rings. The molecule has 0 bridgehead atoms. The van der Waals surface area contributed by atoms with Crippen molar-refractivity contribution in [3.8, 4) is 0 Å². The molecule has 230 valence electrons. The van der Waals surface area contributed by atoms with Crippen molar-refractivity contribution in [3.05, 3.63) is 108 Å². The Balaban J connectivity index is 1.47. The molecule has 1 saturated heterocycles. The molecule has 5 rings (SSSR count). The number of esters is 1. The van der Waals surface area contributed by atoms with Crippen LogP contribution >= 0.6 is 0 Å². The summed E-state index contributed by atoms with van der Waals surface area (Å²) < 4.78 is 37.9. The number of benzene rings is 3. The maximum absolute atomic E-state index is 12.4. The van der Waals surface area contributed by atoms with Crippen LogP contribution in [0.3, 0.4) is 0 Å². The summed E-state index contributed by atoms with van der Waals surface area (Å²) in [6.45, 7) is 6.80. The van der Waals surface area contributed by atoms with Gasteiger partial charge >= 0.3 is 5.97 Å². The minimum atomic E-state index is -1.49. The van der Waals surface area contributed by atoms with Crippen LogP contribution in [0.2, 0.25) is 0 Å². The molecule has 0 radical (unpaired) electrons. The van der Waals surface area contributed by atoms with Gasteiger partial charge in [0.25, 0.3) is 0 Å². The van der Waals surface area contributed by atoms with Crippen LogP contribution in [-0.2, 0) is 53.0 Å². The Morgan fingerprint density at radius 1 is 0.860 bits per heavy atom. The number of rotatable bonds is 15. The molecule has 1 aliphatic carbocycles. The minimum Gasteiger partial charge on any atom is -0.467 e. The number of methoxy groups -OCH3 is 1. The SMILES string of the molecule is CC[C@H](C)C(O[C@@H]1OC2(C)[C@@H](OCc3ccccc3)C2(OCc2ccccc2)C1OCc1ccccc1)C(O)C(=O)OC. The van der Waals surface area contributed by atoms with Crippen LogP contribution in [0.1, 0.15) is 43.9 Å². The maximum atomic E-state index is 12.4. The number of hydrogen-bond donors (Lipinski definition) is 1. The molecular weight excluding hydrogens is 548 g/mol. The van der Waals surface area contributed by atoms with Crippen LogP contribution < -0.4 is 0 Å². The highest BCUT2D eigenvalue weighted by Gasteiger charge is 2.88. The number of fused-ring (bicyclic) bond motifs is 1. The largest absolute Gasteiger partial charge is 0.467 e. The molecule has 1 aliphatic heterocycles. The van der Waals surface area contributed by atoms with E-state index in [1.807, 2.05) is 112 Å². The zero-order valence-electron chi connectivity index (χ0n) is 25.3. The van der Waals surface area contributed by atoms with Gasteiger partial charge in [0.2, 0.25) is 0 Å². The summed E-state index contributed by atoms with van der Waals surface area (Å²) in [6, 6.07) is 29.7. The number of ether oxygens (including phenoxy) is 6. The highest BCUT2D eigenvalue weighted by molar-refractivity contribution is 5.75. The Kier molecular flexibility index (Phi) is 9.96. The lowest BCUT2D eigenvalue weighted by Crippen LogP contribution is -2.49. The van der Waals surface area contributed by atoms with E-state index in [4.69, 9.17) is 28.4 Å². The second kappa shape index (κ2) is 13.7. The molecule has 0 spiro atoms. The predicted octanol–water partition coefficient (Wildman–Crippen LogP) is 5.21. The van der Waals surface area contributed by atoms with Crippen LogP contribution in [0.4, 0.5) is 0 Å². The maximum Gasteiger partial charge on any atom is 0.337 e. The third kappa shape index (κ3) is 6.41. The molecule has 5 unspecified atom stereocenters. The van der Waals surface area contributed by atoms with Gasteiger partial charge in [-0.3, -0.25) is 0 Å². The van der Waals surface area contributed by atoms with Gasteiger partial charge < -0.3 is 33.5 Å². The fraction of sp³-hybridized carbons (Fsp3) is 0.457. The summed E-state index contributed by atoms with van der Waals surface area (Å²) in [5.74, 6) is -0.941. The second-order valence-corrected chi connectivity index (χ2v) is 11.5. The number of carbonyl (C=O) groups is 1. The van der Waals surface area contributed by atoms with Crippen molar-refractivity contribution in [2.24, 2.45) is 5.92 Å². The molecule has 3 aromatic carbocycles. The lowest BCUT2D eigenvalue weighted by Gasteiger charge is -2.34. The second-order valence-electron chi connectivity index (χ2n) is 11.5. The first kappa shape index (κ1) is 31.3. The van der Waals surface area contributed by atoms with Crippen LogP contribution in [-0.4, -0.2) is 60.1 Å². The number of carbonyl (C=O) groups excluding carboxylic acids is 1. The Morgan fingerprint density at radius 2 is 1.37 bits per heavy atom. The first-order valence-electron chi connectivity index (χ1n) is 14.9. The Bertz CT molecular complexity index is 1310. The van der Waals surface area contributed by atoms with E-state index in [1.54, 1.807) is 0 Å². The summed E-state index contributed by atoms with van der Waals surface area (Å²) in [4.78, 5) is 12.4. The molecule has 43 heavy (non-hydrogen) atoms. The smallest absolute Gasteiger partial charge is 0.337 e. The fourth-order valence-electron chi connectivity index (χ4n) is 5.98. The molecule has 8 nitrogen and oxygen atoms in total. The Labute approximate surface area is 253 Å². The number of aliphatic hydroxyl groups excluding tert-OH is 1. The highest BCUT2D eigenvalue weighted by Crippen LogP contribution is 2.65. The molecule has 8 atom stereocenters. The first-order valence-corrected chi connectivity index (χ1v) is 14.9. The van der Waals surface area contributed by atoms with Gasteiger partial charge in [-0.05, 0) is 29.5 Å². The molecule has 8 heteroatoms. The van der Waals surface area contributed by atoms with Gasteiger partial charge in [-0.2, -0.15) is 0 Å². The minimum absolute atomic E-state index is 0.177. The monoisotopic (exact) mass is 590 g/mol. The zero-order valence-corrected chi connectivity index (χ0v) is 25.3. The van der Waals surface area contributed by atoms with Gasteiger partial charge in [-0.15, -0.1) is 0 Å². The number of hydrogen-bond acceptors (Lipinski definition) is 8. The standard InChI is InChI=1S/C35H42O8/c1-5-24(2)29(28(36)31(37)38-4)42-32-30(39-21-25-15-9-6-10-16-25)35(41-23-27-19-13-8-14-20-27)33(34(35,3)43-32)40-22-26-17-11-7-12-18-26/h6-20,24,28-30,32-33,36H,5,21-23H2,1-4H3/t24-,28?,29?,30?,32+,33+,34?,35?/m0/s1. The van der Waals surface area contributed by atoms with Crippen molar-refractivity contribution in [2.45, 2.75) is 88.9 Å². The third-order valence-corrected chi connectivity index (χ3v) is 8.72. The molecule has 1 saturated carbocycles. The Hall–Kier alpha value is -3.11. The van der Waals surface area contributed by atoms with E-state index >= 15 is 0 Å². The quantitative estimate of drug-likeness (QED) is 0.241. The molecule has 1 heterocycles. The molecule has 2 aliphatic rings. The van der Waals surface area contributed by atoms with Crippen LogP contribution in [0.15, 0.2) is 91.0 Å². The van der Waals surface area contributed by atoms with Crippen molar-refractivity contribution < 1.29 is 38.3 Å². The van der Waals surface area contributed by atoms with E-state index in [9.17, 15) is 9.90 Å². The fourth-order valence-corrected chi connectivity index (χ4v) is 5.98. The summed E-state index contributed by atoms with van der Waals surface area (Å²) in [6.07, 6.45) is -3.86. The molecular formula is C35H42O8. The summed E-state index contributed by atoms with van der Waals surface area (Å²) in [5, 5.41) is 10.9. The normalized spacial score (nSPS) is 28.1. The van der Waals surface area contributed by atoms with Crippen molar-refractivity contribution in [3.63, 3.8) is 0 Å². The van der Waals surface area contributed by atoms with Crippen molar-refractivity contribution in [2.75, 3.05) is 7.11 Å². The summed E-state index contributed by atoms with van der Waals surface area (Å²) in [7, 11) is 1.24. The van der Waals surface area contributed by atoms with Crippen LogP contribution in [0, 0.1) is 5.92 Å². The van der Waals surface area contributed by atoms with E-state index in [0.29, 0.717) is 19.6 Å². The number of aliphatic hydroxyl groups is 1. The summed E-state index contributed by atoms with van der Waals surface area (Å²) >= 11 is 0. The summed E-state index contributed by atoms with van der Waals surface area (Å²) in [5.41, 5.74) is 1.06. The van der Waals surface area contributed by atoms with Crippen molar-refractivity contribution >= 4 is 5.97 Å². The van der Waals surface area contributed by atoms with Crippen molar-refractivity contribution in [1.82, 2.24) is 0 Å². The van der Waals surface area contributed by atoms with E-state index in [2.05, 4.69) is 0 Å². The van der Waals surface area contributed by atoms with Gasteiger partial charge in [0.15, 0.2) is 18.0 Å². The van der Waals surface area contributed by atoms with Gasteiger partial charge in [0, 0.05) is 0 Å². The van der Waals surface area contributed by atoms with E-state index in [-0.39, 0.29) is 12.5 Å². The van der Waals surface area contributed by atoms with Crippen molar-refractivity contribution in [1.29, 1.82) is 0 Å². The molecule has 0 aromatic heterocycles. The highest BCUT2D eigenvalue weighted by atomic mass is 16.8. The van der Waals surface area contributed by atoms with Crippen LogP contribution in [0.5, 0.6) is 0 Å². The molecule has 0 amide bonds. The third-order valence-electron chi connectivity index (χ3n) is 8.72.